The molecule has 1 aromatic carbocycles. The van der Waals surface area contributed by atoms with Crippen LogP contribution < -0.4 is 20.3 Å². The molecule has 0 radical (unpaired) electrons. The van der Waals surface area contributed by atoms with Gasteiger partial charge in [-0.25, -0.2) is 18.7 Å². The van der Waals surface area contributed by atoms with Gasteiger partial charge in [0.1, 0.15) is 18.0 Å². The van der Waals surface area contributed by atoms with Gasteiger partial charge in [-0.1, -0.05) is 6.08 Å². The van der Waals surface area contributed by atoms with Crippen LogP contribution in [0.3, 0.4) is 0 Å². The molecule has 1 aromatic heterocycles. The largest absolute Gasteiger partial charge is 0.481 e. The molecule has 0 unspecified atom stereocenters. The molecule has 0 aliphatic carbocycles. The zero-order valence-electron chi connectivity index (χ0n) is 18.3. The van der Waals surface area contributed by atoms with Gasteiger partial charge in [0.15, 0.2) is 5.82 Å². The van der Waals surface area contributed by atoms with Crippen LogP contribution in [0.4, 0.5) is 26.0 Å². The van der Waals surface area contributed by atoms with Crippen molar-refractivity contribution in [3.8, 4) is 5.88 Å². The first-order valence-corrected chi connectivity index (χ1v) is 10.3. The van der Waals surface area contributed by atoms with Gasteiger partial charge in [-0.15, -0.1) is 0 Å². The average Bonchev–Trinajstić information content (AvgIpc) is 3.24. The predicted octanol–water partition coefficient (Wildman–Crippen LogP) is 2.78. The Kier molecular flexibility index (Phi) is 5.70. The van der Waals surface area contributed by atoms with Gasteiger partial charge < -0.3 is 20.3 Å². The van der Waals surface area contributed by atoms with Gasteiger partial charge in [0.2, 0.25) is 5.88 Å². The van der Waals surface area contributed by atoms with E-state index >= 15 is 8.78 Å². The van der Waals surface area contributed by atoms with Crippen LogP contribution >= 0.6 is 0 Å². The predicted molar refractivity (Wildman–Crippen MR) is 118 cm³/mol. The molecule has 0 saturated carbocycles. The highest BCUT2D eigenvalue weighted by Gasteiger charge is 2.31. The Labute approximate surface area is 181 Å². The smallest absolute Gasteiger partial charge is 0.218 e. The number of halogens is 2. The summed E-state index contributed by atoms with van der Waals surface area (Å²) in [6.45, 7) is 6.31. The van der Waals surface area contributed by atoms with Gasteiger partial charge in [0.05, 0.1) is 24.0 Å². The van der Waals surface area contributed by atoms with Crippen LogP contribution in [-0.2, 0) is 0 Å². The number of methoxy groups -OCH3 is 1. The highest BCUT2D eigenvalue weighted by atomic mass is 19.1. The second kappa shape index (κ2) is 8.30. The Balaban J connectivity index is 1.60. The number of piperazine rings is 1. The third kappa shape index (κ3) is 3.89. The quantitative estimate of drug-likeness (QED) is 0.748. The second-order valence-electron chi connectivity index (χ2n) is 8.28. The molecule has 9 heteroatoms. The van der Waals surface area contributed by atoms with Crippen molar-refractivity contribution in [3.63, 3.8) is 0 Å². The molecule has 1 saturated heterocycles. The molecule has 2 atom stereocenters. The maximum atomic E-state index is 15.3. The van der Waals surface area contributed by atoms with Crippen molar-refractivity contribution < 1.29 is 13.5 Å². The van der Waals surface area contributed by atoms with E-state index in [9.17, 15) is 0 Å². The lowest BCUT2D eigenvalue weighted by molar-refractivity contribution is 0.170. The van der Waals surface area contributed by atoms with Gasteiger partial charge in [-0.3, -0.25) is 4.90 Å². The lowest BCUT2D eigenvalue weighted by Crippen LogP contribution is -2.55. The van der Waals surface area contributed by atoms with Crippen LogP contribution in [0.25, 0.3) is 5.57 Å². The number of rotatable bonds is 4. The molecule has 2 aromatic rings. The van der Waals surface area contributed by atoms with Crippen molar-refractivity contribution in [1.82, 2.24) is 14.9 Å². The Morgan fingerprint density at radius 2 is 1.81 bits per heavy atom. The van der Waals surface area contributed by atoms with Crippen molar-refractivity contribution >= 4 is 22.8 Å². The number of nitrogens with zero attached hydrogens (tertiary/aromatic N) is 5. The van der Waals surface area contributed by atoms with Gasteiger partial charge in [0.25, 0.3) is 0 Å². The standard InChI is InChI=1S/C22H28F2N6O/c1-13-9-30(10-14(2)28(13)3)17-7-16(23)20(21(24)22(17)25)15-5-6-29(11-15)18-8-19(31-4)27-12-26-18/h5,7-8,12-14H,6,9-11,25H2,1-4H3/t13-,14+. The first-order chi connectivity index (χ1) is 14.8. The van der Waals surface area contributed by atoms with Crippen LogP contribution in [0.15, 0.2) is 24.5 Å². The van der Waals surface area contributed by atoms with Gasteiger partial charge >= 0.3 is 0 Å². The SMILES string of the molecule is COc1cc(N2CC=C(c3c(F)cc(N4C[C@@H](C)N(C)[C@@H](C)C4)c(N)c3F)C2)ncn1. The zero-order valence-corrected chi connectivity index (χ0v) is 18.3. The lowest BCUT2D eigenvalue weighted by atomic mass is 10.0. The van der Waals surface area contributed by atoms with Crippen molar-refractivity contribution in [2.45, 2.75) is 25.9 Å². The second-order valence-corrected chi connectivity index (χ2v) is 8.28. The van der Waals surface area contributed by atoms with Crippen LogP contribution in [0.2, 0.25) is 0 Å². The van der Waals surface area contributed by atoms with Gasteiger partial charge in [0, 0.05) is 50.4 Å². The molecule has 31 heavy (non-hydrogen) atoms. The van der Waals surface area contributed by atoms with E-state index in [1.54, 1.807) is 12.1 Å². The van der Waals surface area contributed by atoms with Crippen molar-refractivity contribution in [2.75, 3.05) is 55.9 Å². The minimum atomic E-state index is -0.706. The van der Waals surface area contributed by atoms with E-state index in [1.165, 1.54) is 19.5 Å². The molecule has 166 valence electrons. The molecule has 2 N–H and O–H groups in total. The molecular formula is C22H28F2N6O. The molecule has 0 bridgehead atoms. The Hall–Kier alpha value is -2.94. The molecule has 1 fully saturated rings. The van der Waals surface area contributed by atoms with Crippen LogP contribution in [0.5, 0.6) is 5.88 Å². The van der Waals surface area contributed by atoms with E-state index in [1.807, 2.05) is 9.80 Å². The fourth-order valence-electron chi connectivity index (χ4n) is 4.30. The average molecular weight is 431 g/mol. The molecule has 2 aliphatic heterocycles. The first-order valence-electron chi connectivity index (χ1n) is 10.3. The Morgan fingerprint density at radius 3 is 2.48 bits per heavy atom. The van der Waals surface area contributed by atoms with Crippen LogP contribution in [0.1, 0.15) is 19.4 Å². The maximum absolute atomic E-state index is 15.3. The molecule has 3 heterocycles. The number of hydrogen-bond acceptors (Lipinski definition) is 7. The first kappa shape index (κ1) is 21.3. The Bertz CT molecular complexity index is 1000. The maximum Gasteiger partial charge on any atom is 0.218 e. The van der Waals surface area contributed by atoms with Gasteiger partial charge in [-0.05, 0) is 26.5 Å². The highest BCUT2D eigenvalue weighted by molar-refractivity contribution is 5.81. The third-order valence-electron chi connectivity index (χ3n) is 6.34. The van der Waals surface area contributed by atoms with Crippen molar-refractivity contribution in [3.05, 3.63) is 41.7 Å². The molecule has 2 aliphatic rings. The summed E-state index contributed by atoms with van der Waals surface area (Å²) in [5, 5.41) is 0. The normalized spacial score (nSPS) is 22.1. The van der Waals surface area contributed by atoms with E-state index in [-0.39, 0.29) is 23.3 Å². The summed E-state index contributed by atoms with van der Waals surface area (Å²) in [6.07, 6.45) is 3.20. The van der Waals surface area contributed by atoms with Crippen LogP contribution in [0, 0.1) is 11.6 Å². The number of aromatic nitrogens is 2. The number of anilines is 3. The van der Waals surface area contributed by atoms with E-state index < -0.39 is 11.6 Å². The summed E-state index contributed by atoms with van der Waals surface area (Å²) in [4.78, 5) is 14.4. The summed E-state index contributed by atoms with van der Waals surface area (Å²) in [6, 6.07) is 3.57. The molecule has 0 amide bonds. The summed E-state index contributed by atoms with van der Waals surface area (Å²) >= 11 is 0. The number of ether oxygens (including phenoxy) is 1. The number of nitrogen functional groups attached to an aromatic ring is 1. The van der Waals surface area contributed by atoms with E-state index in [2.05, 4.69) is 35.8 Å². The van der Waals surface area contributed by atoms with E-state index in [0.717, 1.165) is 0 Å². The number of likely N-dealkylation sites (N-methyl/N-ethyl adjacent to an activating group) is 1. The van der Waals surface area contributed by atoms with E-state index in [0.29, 0.717) is 49.1 Å². The minimum Gasteiger partial charge on any atom is -0.481 e. The summed E-state index contributed by atoms with van der Waals surface area (Å²) in [5.74, 6) is -0.249. The summed E-state index contributed by atoms with van der Waals surface area (Å²) in [5.41, 5.74) is 7.07. The highest BCUT2D eigenvalue weighted by Crippen LogP contribution is 2.37. The topological polar surface area (TPSA) is 70.8 Å². The number of hydrogen-bond donors (Lipinski definition) is 1. The summed E-state index contributed by atoms with van der Waals surface area (Å²) < 4.78 is 35.7. The van der Waals surface area contributed by atoms with Crippen molar-refractivity contribution in [1.29, 1.82) is 0 Å². The third-order valence-corrected chi connectivity index (χ3v) is 6.34. The lowest BCUT2D eigenvalue weighted by Gasteiger charge is -2.43. The fraction of sp³-hybridized carbons (Fsp3) is 0.455. The Morgan fingerprint density at radius 1 is 1.10 bits per heavy atom. The van der Waals surface area contributed by atoms with Crippen LogP contribution in [-0.4, -0.2) is 67.3 Å². The number of benzene rings is 1. The van der Waals surface area contributed by atoms with Gasteiger partial charge in [-0.2, -0.15) is 0 Å². The molecule has 0 spiro atoms. The fourth-order valence-corrected chi connectivity index (χ4v) is 4.30. The van der Waals surface area contributed by atoms with E-state index in [4.69, 9.17) is 10.5 Å². The number of nitrogens with two attached hydrogens (primary N) is 1. The summed E-state index contributed by atoms with van der Waals surface area (Å²) in [7, 11) is 3.59. The monoisotopic (exact) mass is 430 g/mol. The molecular weight excluding hydrogens is 402 g/mol. The molecule has 4 rings (SSSR count). The zero-order chi connectivity index (χ0) is 22.3. The molecule has 7 nitrogen and oxygen atoms in total. The minimum absolute atomic E-state index is 0.0107. The van der Waals surface area contributed by atoms with Crippen molar-refractivity contribution in [2.24, 2.45) is 0 Å².